The second-order valence-corrected chi connectivity index (χ2v) is 7.63. The molecular weight excluding hydrogens is 491 g/mol. The number of aromatic nitrogens is 7. The maximum Gasteiger partial charge on any atom is 0.418 e. The highest BCUT2D eigenvalue weighted by Gasteiger charge is 2.34. The lowest BCUT2D eigenvalue weighted by molar-refractivity contribution is -0.136. The SMILES string of the molecule is CON(C(C)=O)c1cc(-n2ncnc2[C@H](C)Nc2ncnc3c(C(F)(F)F)cc(Cl)cc23)ncn1. The van der Waals surface area contributed by atoms with E-state index in [1.807, 2.05) is 0 Å². The predicted molar refractivity (Wildman–Crippen MR) is 119 cm³/mol. The molecule has 15 heteroatoms. The van der Waals surface area contributed by atoms with E-state index in [1.54, 1.807) is 6.92 Å². The van der Waals surface area contributed by atoms with Gasteiger partial charge in [0, 0.05) is 23.4 Å². The minimum absolute atomic E-state index is 0.0896. The van der Waals surface area contributed by atoms with Gasteiger partial charge in [0.1, 0.15) is 24.8 Å². The van der Waals surface area contributed by atoms with E-state index in [0.29, 0.717) is 5.82 Å². The first kappa shape index (κ1) is 24.2. The van der Waals surface area contributed by atoms with Crippen LogP contribution in [0.25, 0.3) is 16.7 Å². The molecule has 11 nitrogen and oxygen atoms in total. The van der Waals surface area contributed by atoms with Crippen LogP contribution in [0.15, 0.2) is 37.2 Å². The molecule has 0 fully saturated rings. The van der Waals surface area contributed by atoms with E-state index >= 15 is 0 Å². The molecular formula is C20H17ClF3N9O2. The summed E-state index contributed by atoms with van der Waals surface area (Å²) >= 11 is 5.96. The summed E-state index contributed by atoms with van der Waals surface area (Å²) in [6, 6.07) is 3.03. The normalized spacial score (nSPS) is 12.5. The lowest BCUT2D eigenvalue weighted by Crippen LogP contribution is -2.28. The van der Waals surface area contributed by atoms with Crippen LogP contribution in [-0.4, -0.2) is 47.7 Å². The van der Waals surface area contributed by atoms with Crippen molar-refractivity contribution in [2.24, 2.45) is 0 Å². The van der Waals surface area contributed by atoms with Gasteiger partial charge in [-0.1, -0.05) is 11.6 Å². The van der Waals surface area contributed by atoms with Gasteiger partial charge in [0.15, 0.2) is 17.5 Å². The summed E-state index contributed by atoms with van der Waals surface area (Å²) in [5.74, 6) is 0.512. The molecule has 3 aromatic heterocycles. The van der Waals surface area contributed by atoms with Crippen LogP contribution < -0.4 is 10.4 Å². The largest absolute Gasteiger partial charge is 0.418 e. The molecule has 4 aromatic rings. The highest BCUT2D eigenvalue weighted by molar-refractivity contribution is 6.31. The number of hydrogen-bond donors (Lipinski definition) is 1. The molecule has 1 aromatic carbocycles. The van der Waals surface area contributed by atoms with Crippen LogP contribution in [0.3, 0.4) is 0 Å². The smallest absolute Gasteiger partial charge is 0.360 e. The number of nitrogens with zero attached hydrogens (tertiary/aromatic N) is 8. The van der Waals surface area contributed by atoms with Gasteiger partial charge in [-0.3, -0.25) is 9.63 Å². The standard InChI is InChI=1S/C20H17ClF3N9O2/c1-10(31-18-13-4-12(21)5-14(20(22,23)24)17(13)27-8-28-18)19-29-9-30-32(19)15-6-16(26-7-25-15)33(35-3)11(2)34/h4-10H,1-3H3,(H,27,28,31)/t10-/m0/s1. The van der Waals surface area contributed by atoms with Gasteiger partial charge in [0.05, 0.1) is 24.2 Å². The number of alkyl halides is 3. The first-order valence-corrected chi connectivity index (χ1v) is 10.3. The number of carbonyl (C=O) groups excluding carboxylic acids is 1. The summed E-state index contributed by atoms with van der Waals surface area (Å²) in [5.41, 5.74) is -1.26. The van der Waals surface area contributed by atoms with Crippen LogP contribution >= 0.6 is 11.6 Å². The molecule has 0 saturated carbocycles. The zero-order chi connectivity index (χ0) is 25.3. The lowest BCUT2D eigenvalue weighted by atomic mass is 10.1. The summed E-state index contributed by atoms with van der Waals surface area (Å²) < 4.78 is 41.9. The fourth-order valence-electron chi connectivity index (χ4n) is 3.40. The number of anilines is 2. The molecule has 182 valence electrons. The van der Waals surface area contributed by atoms with Gasteiger partial charge in [-0.2, -0.15) is 28.0 Å². The Morgan fingerprint density at radius 2 is 1.86 bits per heavy atom. The Labute approximate surface area is 200 Å². The number of hydroxylamine groups is 1. The maximum atomic E-state index is 13.5. The molecule has 1 amide bonds. The maximum absolute atomic E-state index is 13.5. The Hall–Kier alpha value is -3.91. The third-order valence-electron chi connectivity index (χ3n) is 4.86. The van der Waals surface area contributed by atoms with Gasteiger partial charge in [-0.15, -0.1) is 0 Å². The average molecular weight is 508 g/mol. The van der Waals surface area contributed by atoms with Crippen LogP contribution in [0.4, 0.5) is 24.8 Å². The van der Waals surface area contributed by atoms with Crippen molar-refractivity contribution in [3.8, 4) is 5.82 Å². The number of fused-ring (bicyclic) bond motifs is 1. The Bertz CT molecular complexity index is 1400. The summed E-state index contributed by atoms with van der Waals surface area (Å²) in [5, 5.41) is 8.16. The Kier molecular flexibility index (Phi) is 6.49. The van der Waals surface area contributed by atoms with E-state index in [9.17, 15) is 18.0 Å². The molecule has 1 N–H and O–H groups in total. The van der Waals surface area contributed by atoms with Gasteiger partial charge in [0.25, 0.3) is 0 Å². The minimum Gasteiger partial charge on any atom is -0.360 e. The number of benzene rings is 1. The van der Waals surface area contributed by atoms with Crippen molar-refractivity contribution in [2.75, 3.05) is 17.5 Å². The summed E-state index contributed by atoms with van der Waals surface area (Å²) in [4.78, 5) is 37.2. The molecule has 0 saturated heterocycles. The van der Waals surface area contributed by atoms with Crippen LogP contribution in [0.2, 0.25) is 5.02 Å². The van der Waals surface area contributed by atoms with E-state index in [2.05, 4.69) is 35.3 Å². The summed E-state index contributed by atoms with van der Waals surface area (Å²) in [7, 11) is 1.32. The number of hydrogen-bond acceptors (Lipinski definition) is 9. The highest BCUT2D eigenvalue weighted by atomic mass is 35.5. The van der Waals surface area contributed by atoms with Gasteiger partial charge in [0.2, 0.25) is 5.91 Å². The topological polar surface area (TPSA) is 124 Å². The van der Waals surface area contributed by atoms with E-state index < -0.39 is 23.7 Å². The van der Waals surface area contributed by atoms with Gasteiger partial charge in [-0.05, 0) is 19.1 Å². The third kappa shape index (κ3) is 4.83. The van der Waals surface area contributed by atoms with Crippen LogP contribution in [0.5, 0.6) is 0 Å². The minimum atomic E-state index is -4.65. The summed E-state index contributed by atoms with van der Waals surface area (Å²) in [6.07, 6.45) is -1.11. The van der Waals surface area contributed by atoms with E-state index in [0.717, 1.165) is 17.5 Å². The lowest BCUT2D eigenvalue weighted by Gasteiger charge is -2.18. The molecule has 0 unspecified atom stereocenters. The van der Waals surface area contributed by atoms with Crippen molar-refractivity contribution in [1.82, 2.24) is 34.7 Å². The number of amides is 1. The Balaban J connectivity index is 1.71. The third-order valence-corrected chi connectivity index (χ3v) is 5.07. The zero-order valence-electron chi connectivity index (χ0n) is 18.4. The Morgan fingerprint density at radius 1 is 1.11 bits per heavy atom. The first-order chi connectivity index (χ1) is 16.6. The Morgan fingerprint density at radius 3 is 2.54 bits per heavy atom. The monoisotopic (exact) mass is 507 g/mol. The van der Waals surface area contributed by atoms with Crippen molar-refractivity contribution < 1.29 is 22.8 Å². The molecule has 0 radical (unpaired) electrons. The van der Waals surface area contributed by atoms with Gasteiger partial charge < -0.3 is 5.32 Å². The molecule has 35 heavy (non-hydrogen) atoms. The average Bonchev–Trinajstić information content (AvgIpc) is 3.29. The van der Waals surface area contributed by atoms with Crippen molar-refractivity contribution in [2.45, 2.75) is 26.1 Å². The molecule has 0 aliphatic heterocycles. The van der Waals surface area contributed by atoms with Crippen molar-refractivity contribution in [3.05, 3.63) is 53.6 Å². The number of halogens is 4. The molecule has 0 spiro atoms. The molecule has 1 atom stereocenters. The zero-order valence-corrected chi connectivity index (χ0v) is 19.2. The number of nitrogens with one attached hydrogen (secondary N) is 1. The quantitative estimate of drug-likeness (QED) is 0.388. The molecule has 0 aliphatic carbocycles. The highest BCUT2D eigenvalue weighted by Crippen LogP contribution is 2.38. The van der Waals surface area contributed by atoms with Crippen molar-refractivity contribution >= 4 is 40.0 Å². The van der Waals surface area contributed by atoms with Crippen LogP contribution in [-0.2, 0) is 15.8 Å². The van der Waals surface area contributed by atoms with E-state index in [4.69, 9.17) is 16.4 Å². The van der Waals surface area contributed by atoms with E-state index in [-0.39, 0.29) is 33.4 Å². The van der Waals surface area contributed by atoms with E-state index in [1.165, 1.54) is 43.5 Å². The first-order valence-electron chi connectivity index (χ1n) is 9.95. The van der Waals surface area contributed by atoms with Gasteiger partial charge in [-0.25, -0.2) is 24.9 Å². The van der Waals surface area contributed by atoms with Crippen molar-refractivity contribution in [1.29, 1.82) is 0 Å². The predicted octanol–water partition coefficient (Wildman–Crippen LogP) is 3.76. The molecule has 3 heterocycles. The molecule has 0 aliphatic rings. The number of rotatable bonds is 6. The second kappa shape index (κ2) is 9.38. The van der Waals surface area contributed by atoms with Crippen molar-refractivity contribution in [3.63, 3.8) is 0 Å². The fraction of sp³-hybridized carbons (Fsp3) is 0.250. The molecule has 4 rings (SSSR count). The van der Waals surface area contributed by atoms with Crippen LogP contribution in [0, 0.1) is 0 Å². The molecule has 0 bridgehead atoms. The summed E-state index contributed by atoms with van der Waals surface area (Å²) in [6.45, 7) is 3.02. The van der Waals surface area contributed by atoms with Crippen LogP contribution in [0.1, 0.15) is 31.3 Å². The van der Waals surface area contributed by atoms with Gasteiger partial charge >= 0.3 is 6.18 Å². The second-order valence-electron chi connectivity index (χ2n) is 7.20. The number of carbonyl (C=O) groups is 1. The fourth-order valence-corrected chi connectivity index (χ4v) is 3.62.